The Balaban J connectivity index is 1.91. The van der Waals surface area contributed by atoms with Gasteiger partial charge in [0.25, 0.3) is 0 Å². The number of thioether (sulfide) groups is 1. The molecule has 1 amide bonds. The number of carbonyl (C=O) groups is 1. The summed E-state index contributed by atoms with van der Waals surface area (Å²) in [6.07, 6.45) is 0. The van der Waals surface area contributed by atoms with Crippen molar-refractivity contribution in [2.24, 2.45) is 0 Å². The fraction of sp³-hybridized carbons (Fsp3) is 0.278. The zero-order valence-electron chi connectivity index (χ0n) is 14.3. The van der Waals surface area contributed by atoms with Crippen LogP contribution in [0.5, 0.6) is 0 Å². The van der Waals surface area contributed by atoms with Crippen LogP contribution in [0.25, 0.3) is 16.4 Å². The molecule has 3 aromatic rings. The van der Waals surface area contributed by atoms with Gasteiger partial charge < -0.3 is 4.90 Å². The van der Waals surface area contributed by atoms with E-state index in [2.05, 4.69) is 10.2 Å². The number of hydrogen-bond donors (Lipinski definition) is 0. The Morgan fingerprint density at radius 2 is 1.88 bits per heavy atom. The number of aromatic nitrogens is 3. The molecule has 0 spiro atoms. The molecule has 0 saturated heterocycles. The highest BCUT2D eigenvalue weighted by Crippen LogP contribution is 2.30. The van der Waals surface area contributed by atoms with Crippen LogP contribution in [0.1, 0.15) is 13.8 Å². The maximum atomic E-state index is 12.3. The lowest BCUT2D eigenvalue weighted by Crippen LogP contribution is -2.31. The van der Waals surface area contributed by atoms with Crippen molar-refractivity contribution in [2.75, 3.05) is 18.8 Å². The Labute approximate surface area is 155 Å². The number of benzene rings is 1. The fourth-order valence-electron chi connectivity index (χ4n) is 2.53. The summed E-state index contributed by atoms with van der Waals surface area (Å²) in [6.45, 7) is 5.43. The molecule has 0 aliphatic rings. The lowest BCUT2D eigenvalue weighted by atomic mass is 10.3. The maximum absolute atomic E-state index is 12.3. The Hall–Kier alpha value is -2.12. The summed E-state index contributed by atoms with van der Waals surface area (Å²) in [5, 5.41) is 11.5. The number of nitrogens with zero attached hydrogens (tertiary/aromatic N) is 4. The molecule has 0 aliphatic heterocycles. The SMILES string of the molecule is CCN(CC)C(=O)CSc1nnc(-c2cccs2)n1-c1ccccc1. The van der Waals surface area contributed by atoms with Gasteiger partial charge in [0.15, 0.2) is 11.0 Å². The third-order valence-electron chi connectivity index (χ3n) is 3.83. The second-order valence-electron chi connectivity index (χ2n) is 5.31. The first-order chi connectivity index (χ1) is 12.2. The monoisotopic (exact) mass is 372 g/mol. The molecule has 2 aromatic heterocycles. The standard InChI is InChI=1S/C18H20N4OS2/c1-3-21(4-2)16(23)13-25-18-20-19-17(15-11-8-12-24-15)22(18)14-9-6-5-7-10-14/h5-12H,3-4,13H2,1-2H3. The molecule has 130 valence electrons. The van der Waals surface area contributed by atoms with E-state index in [0.717, 1.165) is 34.6 Å². The lowest BCUT2D eigenvalue weighted by molar-refractivity contribution is -0.127. The summed E-state index contributed by atoms with van der Waals surface area (Å²) in [5.74, 6) is 1.28. The van der Waals surface area contributed by atoms with Crippen molar-refractivity contribution in [3.8, 4) is 16.4 Å². The van der Waals surface area contributed by atoms with Crippen LogP contribution in [0.4, 0.5) is 0 Å². The zero-order chi connectivity index (χ0) is 17.6. The van der Waals surface area contributed by atoms with Gasteiger partial charge in [-0.15, -0.1) is 21.5 Å². The molecule has 25 heavy (non-hydrogen) atoms. The van der Waals surface area contributed by atoms with E-state index in [9.17, 15) is 4.79 Å². The number of amides is 1. The number of rotatable bonds is 7. The molecule has 0 fully saturated rings. The third-order valence-corrected chi connectivity index (χ3v) is 5.61. The number of hydrogen-bond acceptors (Lipinski definition) is 5. The number of para-hydroxylation sites is 1. The van der Waals surface area contributed by atoms with E-state index in [0.29, 0.717) is 5.75 Å². The third kappa shape index (κ3) is 3.93. The normalized spacial score (nSPS) is 10.8. The van der Waals surface area contributed by atoms with Crippen LogP contribution in [0.2, 0.25) is 0 Å². The average molecular weight is 373 g/mol. The van der Waals surface area contributed by atoms with Crippen molar-refractivity contribution in [3.05, 3.63) is 47.8 Å². The van der Waals surface area contributed by atoms with Gasteiger partial charge in [-0.3, -0.25) is 9.36 Å². The minimum Gasteiger partial charge on any atom is -0.343 e. The summed E-state index contributed by atoms with van der Waals surface area (Å²) in [6, 6.07) is 14.0. The van der Waals surface area contributed by atoms with Crippen LogP contribution >= 0.6 is 23.1 Å². The molecule has 1 aromatic carbocycles. The molecule has 0 N–H and O–H groups in total. The first kappa shape index (κ1) is 17.7. The Bertz CT molecular complexity index is 811. The van der Waals surface area contributed by atoms with Gasteiger partial charge in [-0.1, -0.05) is 36.0 Å². The van der Waals surface area contributed by atoms with Gasteiger partial charge >= 0.3 is 0 Å². The van der Waals surface area contributed by atoms with E-state index in [-0.39, 0.29) is 5.91 Å². The van der Waals surface area contributed by atoms with Crippen LogP contribution in [0.3, 0.4) is 0 Å². The first-order valence-electron chi connectivity index (χ1n) is 8.19. The van der Waals surface area contributed by atoms with E-state index in [1.807, 2.05) is 71.2 Å². The van der Waals surface area contributed by atoms with Gasteiger partial charge in [0, 0.05) is 18.8 Å². The lowest BCUT2D eigenvalue weighted by Gasteiger charge is -2.18. The van der Waals surface area contributed by atoms with E-state index >= 15 is 0 Å². The zero-order valence-corrected chi connectivity index (χ0v) is 15.9. The van der Waals surface area contributed by atoms with Crippen LogP contribution in [-0.2, 0) is 4.79 Å². The first-order valence-corrected chi connectivity index (χ1v) is 10.1. The molecule has 0 bridgehead atoms. The predicted molar refractivity (Wildman–Crippen MR) is 103 cm³/mol. The molecule has 3 rings (SSSR count). The van der Waals surface area contributed by atoms with Gasteiger partial charge in [0.2, 0.25) is 5.91 Å². The maximum Gasteiger partial charge on any atom is 0.233 e. The average Bonchev–Trinajstić information content (AvgIpc) is 3.31. The van der Waals surface area contributed by atoms with Gasteiger partial charge in [0.05, 0.1) is 10.6 Å². The molecule has 0 radical (unpaired) electrons. The molecular formula is C18H20N4OS2. The minimum absolute atomic E-state index is 0.121. The van der Waals surface area contributed by atoms with E-state index in [1.165, 1.54) is 11.8 Å². The Morgan fingerprint density at radius 3 is 2.52 bits per heavy atom. The summed E-state index contributed by atoms with van der Waals surface area (Å²) < 4.78 is 2.02. The number of thiophene rings is 1. The molecule has 0 atom stereocenters. The molecule has 7 heteroatoms. The van der Waals surface area contributed by atoms with Crippen LogP contribution < -0.4 is 0 Å². The summed E-state index contributed by atoms with van der Waals surface area (Å²) in [4.78, 5) is 15.2. The summed E-state index contributed by atoms with van der Waals surface area (Å²) in [5.41, 5.74) is 0.994. The van der Waals surface area contributed by atoms with E-state index < -0.39 is 0 Å². The fourth-order valence-corrected chi connectivity index (χ4v) is 4.09. The highest BCUT2D eigenvalue weighted by atomic mass is 32.2. The smallest absolute Gasteiger partial charge is 0.233 e. The topological polar surface area (TPSA) is 51.0 Å². The van der Waals surface area contributed by atoms with Crippen LogP contribution in [-0.4, -0.2) is 44.4 Å². The highest BCUT2D eigenvalue weighted by Gasteiger charge is 2.18. The van der Waals surface area contributed by atoms with Crippen molar-refractivity contribution in [1.29, 1.82) is 0 Å². The largest absolute Gasteiger partial charge is 0.343 e. The second-order valence-corrected chi connectivity index (χ2v) is 7.20. The number of carbonyl (C=O) groups excluding carboxylic acids is 1. The highest BCUT2D eigenvalue weighted by molar-refractivity contribution is 7.99. The Morgan fingerprint density at radius 1 is 1.12 bits per heavy atom. The minimum atomic E-state index is 0.121. The molecule has 0 aliphatic carbocycles. The van der Waals surface area contributed by atoms with E-state index in [1.54, 1.807) is 11.3 Å². The molecule has 2 heterocycles. The van der Waals surface area contributed by atoms with Crippen molar-refractivity contribution in [1.82, 2.24) is 19.7 Å². The summed E-state index contributed by atoms with van der Waals surface area (Å²) >= 11 is 3.06. The molecule has 5 nitrogen and oxygen atoms in total. The van der Waals surface area contributed by atoms with Gasteiger partial charge in [-0.2, -0.15) is 0 Å². The van der Waals surface area contributed by atoms with Crippen molar-refractivity contribution < 1.29 is 4.79 Å². The quantitative estimate of drug-likeness (QED) is 0.589. The van der Waals surface area contributed by atoms with E-state index in [4.69, 9.17) is 0 Å². The van der Waals surface area contributed by atoms with Crippen molar-refractivity contribution in [2.45, 2.75) is 19.0 Å². The predicted octanol–water partition coefficient (Wildman–Crippen LogP) is 3.96. The second kappa shape index (κ2) is 8.31. The van der Waals surface area contributed by atoms with Crippen molar-refractivity contribution in [3.63, 3.8) is 0 Å². The van der Waals surface area contributed by atoms with Crippen LogP contribution in [0, 0.1) is 0 Å². The van der Waals surface area contributed by atoms with Crippen LogP contribution in [0.15, 0.2) is 53.0 Å². The molecule has 0 unspecified atom stereocenters. The Kier molecular flexibility index (Phi) is 5.88. The molecular weight excluding hydrogens is 352 g/mol. The van der Waals surface area contributed by atoms with Crippen molar-refractivity contribution >= 4 is 29.0 Å². The molecule has 0 saturated carbocycles. The summed E-state index contributed by atoms with van der Waals surface area (Å²) in [7, 11) is 0. The van der Waals surface area contributed by atoms with Gasteiger partial charge in [-0.05, 0) is 37.4 Å². The van der Waals surface area contributed by atoms with Gasteiger partial charge in [-0.25, -0.2) is 0 Å². The van der Waals surface area contributed by atoms with Gasteiger partial charge in [0.1, 0.15) is 0 Å².